The van der Waals surface area contributed by atoms with E-state index in [0.29, 0.717) is 30.7 Å². The van der Waals surface area contributed by atoms with Crippen LogP contribution in [0, 0.1) is 11.5 Å². The molecular weight excluding hydrogens is 384 g/mol. The van der Waals surface area contributed by atoms with Gasteiger partial charge < -0.3 is 10.2 Å². The molecule has 0 aromatic heterocycles. The lowest BCUT2D eigenvalue weighted by Crippen LogP contribution is -2.46. The van der Waals surface area contributed by atoms with E-state index in [2.05, 4.69) is 28.5 Å². The van der Waals surface area contributed by atoms with Gasteiger partial charge >= 0.3 is 0 Å². The largest absolute Gasteiger partial charge is 0.350 e. The number of nitrogens with zero attached hydrogens (tertiary/aromatic N) is 3. The molecule has 0 spiro atoms. The fourth-order valence-corrected chi connectivity index (χ4v) is 4.87. The lowest BCUT2D eigenvalue weighted by molar-refractivity contribution is -0.123. The zero-order valence-electron chi connectivity index (χ0n) is 16.3. The first-order chi connectivity index (χ1) is 14.1. The van der Waals surface area contributed by atoms with E-state index < -0.39 is 0 Å². The molecule has 2 bridgehead atoms. The van der Waals surface area contributed by atoms with Gasteiger partial charge in [0.2, 0.25) is 5.91 Å². The number of fused-ring (bicyclic) bond motifs is 2. The van der Waals surface area contributed by atoms with Crippen LogP contribution in [0.3, 0.4) is 0 Å². The monoisotopic (exact) mass is 408 g/mol. The SMILES string of the molecule is N#CN1[C@H]2CC[C@@H]1[C@H](NC(=O)CN(Cc1ccccc1)Cc1cccc(Cl)c1)C2. The number of hydrogen-bond donors (Lipinski definition) is 1. The van der Waals surface area contributed by atoms with Crippen LogP contribution in [0.1, 0.15) is 30.4 Å². The highest BCUT2D eigenvalue weighted by Crippen LogP contribution is 2.36. The molecule has 0 unspecified atom stereocenters. The van der Waals surface area contributed by atoms with Crippen molar-refractivity contribution in [2.24, 2.45) is 0 Å². The van der Waals surface area contributed by atoms with E-state index in [1.807, 2.05) is 47.4 Å². The second-order valence-corrected chi connectivity index (χ2v) is 8.41. The Morgan fingerprint density at radius 3 is 2.62 bits per heavy atom. The van der Waals surface area contributed by atoms with Gasteiger partial charge in [-0.2, -0.15) is 5.26 Å². The minimum absolute atomic E-state index is 0.0124. The molecule has 2 saturated heterocycles. The second kappa shape index (κ2) is 8.86. The molecule has 4 rings (SSSR count). The van der Waals surface area contributed by atoms with Crippen LogP contribution in [-0.4, -0.2) is 40.4 Å². The molecule has 2 aliphatic heterocycles. The Balaban J connectivity index is 1.42. The van der Waals surface area contributed by atoms with Crippen LogP contribution in [0.25, 0.3) is 0 Å². The Bertz CT molecular complexity index is 897. The molecule has 6 heteroatoms. The number of carbonyl (C=O) groups is 1. The van der Waals surface area contributed by atoms with Crippen molar-refractivity contribution in [2.75, 3.05) is 6.54 Å². The Kier molecular flexibility index (Phi) is 6.03. The number of rotatable bonds is 7. The van der Waals surface area contributed by atoms with Gasteiger partial charge in [-0.1, -0.05) is 54.1 Å². The third-order valence-electron chi connectivity index (χ3n) is 5.91. The highest BCUT2D eigenvalue weighted by Gasteiger charge is 2.46. The molecule has 0 radical (unpaired) electrons. The topological polar surface area (TPSA) is 59.4 Å². The predicted octanol–water partition coefficient (Wildman–Crippen LogP) is 3.54. The van der Waals surface area contributed by atoms with Gasteiger partial charge in [-0.25, -0.2) is 0 Å². The van der Waals surface area contributed by atoms with Crippen molar-refractivity contribution in [3.63, 3.8) is 0 Å². The summed E-state index contributed by atoms with van der Waals surface area (Å²) in [5, 5.41) is 13.2. The summed E-state index contributed by atoms with van der Waals surface area (Å²) in [6.07, 6.45) is 5.21. The van der Waals surface area contributed by atoms with Crippen molar-refractivity contribution in [2.45, 2.75) is 50.5 Å². The van der Waals surface area contributed by atoms with Crippen LogP contribution < -0.4 is 5.32 Å². The fraction of sp³-hybridized carbons (Fsp3) is 0.391. The lowest BCUT2D eigenvalue weighted by Gasteiger charge is -2.26. The molecule has 29 heavy (non-hydrogen) atoms. The molecule has 1 amide bonds. The van der Waals surface area contributed by atoms with E-state index in [9.17, 15) is 10.1 Å². The summed E-state index contributed by atoms with van der Waals surface area (Å²) in [6.45, 7) is 1.63. The van der Waals surface area contributed by atoms with Gasteiger partial charge in [0.15, 0.2) is 6.19 Å². The zero-order valence-corrected chi connectivity index (χ0v) is 17.1. The molecule has 2 fully saturated rings. The third kappa shape index (κ3) is 4.72. The van der Waals surface area contributed by atoms with E-state index >= 15 is 0 Å². The Morgan fingerprint density at radius 1 is 1.14 bits per heavy atom. The van der Waals surface area contributed by atoms with Crippen LogP contribution in [0.15, 0.2) is 54.6 Å². The van der Waals surface area contributed by atoms with Crippen LogP contribution >= 0.6 is 11.6 Å². The zero-order chi connectivity index (χ0) is 20.2. The van der Waals surface area contributed by atoms with E-state index in [-0.39, 0.29) is 18.0 Å². The minimum atomic E-state index is 0.0124. The molecule has 2 aliphatic rings. The number of hydrogen-bond acceptors (Lipinski definition) is 4. The van der Waals surface area contributed by atoms with Gasteiger partial charge in [0.25, 0.3) is 0 Å². The number of benzene rings is 2. The smallest absolute Gasteiger partial charge is 0.234 e. The molecule has 5 nitrogen and oxygen atoms in total. The summed E-state index contributed by atoms with van der Waals surface area (Å²) in [5.41, 5.74) is 2.25. The van der Waals surface area contributed by atoms with Crippen molar-refractivity contribution in [3.8, 4) is 6.19 Å². The molecule has 150 valence electrons. The molecule has 2 aromatic carbocycles. The van der Waals surface area contributed by atoms with Gasteiger partial charge in [0.1, 0.15) is 0 Å². The quantitative estimate of drug-likeness (QED) is 0.712. The molecular formula is C23H25ClN4O. The van der Waals surface area contributed by atoms with Crippen molar-refractivity contribution in [1.29, 1.82) is 5.26 Å². The maximum atomic E-state index is 12.8. The van der Waals surface area contributed by atoms with Gasteiger partial charge in [-0.05, 0) is 42.5 Å². The van der Waals surface area contributed by atoms with Crippen molar-refractivity contribution in [3.05, 3.63) is 70.7 Å². The molecule has 0 saturated carbocycles. The Hall–Kier alpha value is -2.55. The first-order valence-corrected chi connectivity index (χ1v) is 10.5. The van der Waals surface area contributed by atoms with Crippen molar-refractivity contribution >= 4 is 17.5 Å². The number of halogens is 1. The first kappa shape index (κ1) is 19.8. The summed E-state index contributed by atoms with van der Waals surface area (Å²) < 4.78 is 0. The summed E-state index contributed by atoms with van der Waals surface area (Å²) in [7, 11) is 0. The van der Waals surface area contributed by atoms with Gasteiger partial charge in [-0.3, -0.25) is 9.69 Å². The lowest BCUT2D eigenvalue weighted by atomic mass is 9.95. The maximum Gasteiger partial charge on any atom is 0.234 e. The average molecular weight is 409 g/mol. The minimum Gasteiger partial charge on any atom is -0.350 e. The predicted molar refractivity (Wildman–Crippen MR) is 113 cm³/mol. The molecule has 3 atom stereocenters. The molecule has 2 heterocycles. The van der Waals surface area contributed by atoms with Crippen LogP contribution in [-0.2, 0) is 17.9 Å². The third-order valence-corrected chi connectivity index (χ3v) is 6.15. The maximum absolute atomic E-state index is 12.8. The standard InChI is InChI=1S/C23H25ClN4O/c24-19-8-4-7-18(11-19)14-27(13-17-5-2-1-3-6-17)15-23(29)26-21-12-20-9-10-22(21)28(20)16-25/h1-8,11,20-22H,9-10,12-15H2,(H,26,29)/t20-,21+,22+/m0/s1. The number of nitriles is 1. The number of amides is 1. The normalized spacial score (nSPS) is 22.7. The Labute approximate surface area is 176 Å². The number of nitrogens with one attached hydrogen (secondary N) is 1. The summed E-state index contributed by atoms with van der Waals surface area (Å²) >= 11 is 6.14. The molecule has 2 aromatic rings. The van der Waals surface area contributed by atoms with E-state index in [1.165, 1.54) is 0 Å². The summed E-state index contributed by atoms with van der Waals surface area (Å²) in [6, 6.07) is 18.5. The van der Waals surface area contributed by atoms with Crippen LogP contribution in [0.5, 0.6) is 0 Å². The Morgan fingerprint density at radius 2 is 1.90 bits per heavy atom. The first-order valence-electron chi connectivity index (χ1n) is 10.1. The average Bonchev–Trinajstić information content (AvgIpc) is 3.25. The van der Waals surface area contributed by atoms with Gasteiger partial charge in [0, 0.05) is 24.2 Å². The van der Waals surface area contributed by atoms with Crippen LogP contribution in [0.2, 0.25) is 5.02 Å². The number of carbonyl (C=O) groups excluding carboxylic acids is 1. The van der Waals surface area contributed by atoms with E-state index in [0.717, 1.165) is 30.4 Å². The fourth-order valence-electron chi connectivity index (χ4n) is 4.66. The van der Waals surface area contributed by atoms with E-state index in [1.54, 1.807) is 0 Å². The molecule has 0 aliphatic carbocycles. The van der Waals surface area contributed by atoms with Gasteiger partial charge in [-0.15, -0.1) is 0 Å². The van der Waals surface area contributed by atoms with E-state index in [4.69, 9.17) is 11.6 Å². The van der Waals surface area contributed by atoms with Gasteiger partial charge in [0.05, 0.1) is 18.6 Å². The molecule has 1 N–H and O–H groups in total. The highest BCUT2D eigenvalue weighted by molar-refractivity contribution is 6.30. The summed E-state index contributed by atoms with van der Waals surface area (Å²) in [4.78, 5) is 16.9. The summed E-state index contributed by atoms with van der Waals surface area (Å²) in [5.74, 6) is 0.0124. The highest BCUT2D eigenvalue weighted by atomic mass is 35.5. The van der Waals surface area contributed by atoms with Crippen molar-refractivity contribution < 1.29 is 4.79 Å². The van der Waals surface area contributed by atoms with Crippen molar-refractivity contribution in [1.82, 2.24) is 15.1 Å². The second-order valence-electron chi connectivity index (χ2n) is 7.98. The van der Waals surface area contributed by atoms with Crippen LogP contribution in [0.4, 0.5) is 0 Å².